The summed E-state index contributed by atoms with van der Waals surface area (Å²) in [5.41, 5.74) is 2.47. The monoisotopic (exact) mass is 413 g/mol. The van der Waals surface area contributed by atoms with E-state index >= 15 is 0 Å². The summed E-state index contributed by atoms with van der Waals surface area (Å²) in [5, 5.41) is 2.89. The van der Waals surface area contributed by atoms with E-state index in [1.165, 1.54) is 12.1 Å². The van der Waals surface area contributed by atoms with Gasteiger partial charge in [0, 0.05) is 11.0 Å². The van der Waals surface area contributed by atoms with Crippen LogP contribution in [0, 0.1) is 5.82 Å². The van der Waals surface area contributed by atoms with Crippen molar-refractivity contribution in [2.75, 3.05) is 0 Å². The van der Waals surface area contributed by atoms with Crippen molar-refractivity contribution in [3.05, 3.63) is 99.8 Å². The first-order chi connectivity index (χ1) is 12.6. The fourth-order valence-electron chi connectivity index (χ4n) is 2.37. The lowest BCUT2D eigenvalue weighted by Gasteiger charge is -2.09. The Morgan fingerprint density at radius 1 is 0.923 bits per heavy atom. The highest BCUT2D eigenvalue weighted by atomic mass is 79.9. The number of halogens is 2. The molecule has 0 aromatic heterocycles. The van der Waals surface area contributed by atoms with Crippen molar-refractivity contribution in [3.8, 4) is 5.75 Å². The van der Waals surface area contributed by atoms with Crippen molar-refractivity contribution in [3.63, 3.8) is 0 Å². The van der Waals surface area contributed by atoms with Crippen molar-refractivity contribution in [2.45, 2.75) is 13.2 Å². The van der Waals surface area contributed by atoms with Crippen molar-refractivity contribution in [1.82, 2.24) is 5.32 Å². The number of amides is 1. The normalized spacial score (nSPS) is 10.4. The molecule has 5 heteroatoms. The Bertz CT molecular complexity index is 879. The van der Waals surface area contributed by atoms with Gasteiger partial charge in [-0.2, -0.15) is 0 Å². The molecule has 0 saturated carbocycles. The molecule has 0 bridgehead atoms. The predicted octanol–water partition coefficient (Wildman–Crippen LogP) is 5.10. The summed E-state index contributed by atoms with van der Waals surface area (Å²) >= 11 is 3.37. The number of nitrogens with one attached hydrogen (secondary N) is 1. The first kappa shape index (κ1) is 18.1. The fourth-order valence-corrected chi connectivity index (χ4v) is 2.84. The van der Waals surface area contributed by atoms with Crippen LogP contribution < -0.4 is 10.1 Å². The van der Waals surface area contributed by atoms with Crippen LogP contribution in [0.25, 0.3) is 0 Å². The van der Waals surface area contributed by atoms with E-state index in [0.717, 1.165) is 21.3 Å². The van der Waals surface area contributed by atoms with Crippen molar-refractivity contribution in [2.24, 2.45) is 0 Å². The molecular formula is C21H17BrFNO2. The number of carbonyl (C=O) groups is 1. The molecule has 132 valence electrons. The molecule has 3 aromatic carbocycles. The maximum atomic E-state index is 12.9. The number of hydrogen-bond donors (Lipinski definition) is 1. The Morgan fingerprint density at radius 2 is 1.58 bits per heavy atom. The van der Waals surface area contributed by atoms with E-state index in [9.17, 15) is 9.18 Å². The van der Waals surface area contributed by atoms with Crippen LogP contribution >= 0.6 is 15.9 Å². The summed E-state index contributed by atoms with van der Waals surface area (Å²) in [6.45, 7) is 0.802. The third kappa shape index (κ3) is 4.92. The smallest absolute Gasteiger partial charge is 0.252 e. The maximum Gasteiger partial charge on any atom is 0.252 e. The maximum absolute atomic E-state index is 12.9. The standard InChI is InChI=1S/C21H17BrFNO2/c22-20-4-2-1-3-19(20)21(25)24-13-15-7-11-18(12-8-15)26-14-16-5-9-17(23)10-6-16/h1-12H,13-14H2,(H,24,25). The van der Waals surface area contributed by atoms with E-state index in [0.29, 0.717) is 18.7 Å². The van der Waals surface area contributed by atoms with Gasteiger partial charge in [-0.05, 0) is 63.5 Å². The van der Waals surface area contributed by atoms with E-state index in [2.05, 4.69) is 21.2 Å². The molecule has 0 aliphatic heterocycles. The highest BCUT2D eigenvalue weighted by molar-refractivity contribution is 9.10. The van der Waals surface area contributed by atoms with Gasteiger partial charge in [0.05, 0.1) is 5.56 Å². The molecule has 0 atom stereocenters. The minimum absolute atomic E-state index is 0.130. The molecule has 0 fully saturated rings. The lowest BCUT2D eigenvalue weighted by Crippen LogP contribution is -2.23. The van der Waals surface area contributed by atoms with Crippen LogP contribution in [-0.2, 0) is 13.2 Å². The molecule has 3 aromatic rings. The minimum Gasteiger partial charge on any atom is -0.489 e. The number of rotatable bonds is 6. The first-order valence-corrected chi connectivity index (χ1v) is 8.90. The summed E-state index contributed by atoms with van der Waals surface area (Å²) in [6, 6.07) is 21.0. The van der Waals surface area contributed by atoms with Crippen molar-refractivity contribution < 1.29 is 13.9 Å². The highest BCUT2D eigenvalue weighted by Gasteiger charge is 2.08. The number of ether oxygens (including phenoxy) is 1. The topological polar surface area (TPSA) is 38.3 Å². The van der Waals surface area contributed by atoms with E-state index in [1.54, 1.807) is 18.2 Å². The molecule has 3 nitrogen and oxygen atoms in total. The van der Waals surface area contributed by atoms with Crippen LogP contribution in [-0.4, -0.2) is 5.91 Å². The quantitative estimate of drug-likeness (QED) is 0.610. The van der Waals surface area contributed by atoms with Crippen molar-refractivity contribution >= 4 is 21.8 Å². The number of carbonyl (C=O) groups excluding carboxylic acids is 1. The zero-order valence-electron chi connectivity index (χ0n) is 13.9. The molecule has 0 radical (unpaired) electrons. The second kappa shape index (κ2) is 8.63. The second-order valence-electron chi connectivity index (χ2n) is 5.72. The van der Waals surface area contributed by atoms with Crippen molar-refractivity contribution in [1.29, 1.82) is 0 Å². The minimum atomic E-state index is -0.261. The SMILES string of the molecule is O=C(NCc1ccc(OCc2ccc(F)cc2)cc1)c1ccccc1Br. The Balaban J connectivity index is 1.52. The van der Waals surface area contributed by atoms with Gasteiger partial charge in [-0.25, -0.2) is 4.39 Å². The van der Waals surface area contributed by atoms with Gasteiger partial charge in [0.2, 0.25) is 0 Å². The fraction of sp³-hybridized carbons (Fsp3) is 0.0952. The highest BCUT2D eigenvalue weighted by Crippen LogP contribution is 2.17. The molecule has 0 spiro atoms. The van der Waals surface area contributed by atoms with E-state index in [1.807, 2.05) is 42.5 Å². The summed E-state index contributed by atoms with van der Waals surface area (Å²) in [5.74, 6) is 0.326. The van der Waals surface area contributed by atoms with Crippen LogP contribution in [0.1, 0.15) is 21.5 Å². The molecule has 3 rings (SSSR count). The zero-order valence-corrected chi connectivity index (χ0v) is 15.5. The number of benzene rings is 3. The van der Waals surface area contributed by atoms with Crippen LogP contribution in [0.3, 0.4) is 0 Å². The molecule has 0 aliphatic rings. The van der Waals surface area contributed by atoms with Crippen LogP contribution in [0.15, 0.2) is 77.3 Å². The lowest BCUT2D eigenvalue weighted by atomic mass is 10.2. The first-order valence-electron chi connectivity index (χ1n) is 8.11. The Labute approximate surface area is 159 Å². The molecule has 0 aliphatic carbocycles. The van der Waals surface area contributed by atoms with Gasteiger partial charge in [0.1, 0.15) is 18.2 Å². The van der Waals surface area contributed by atoms with E-state index < -0.39 is 0 Å². The third-order valence-corrected chi connectivity index (χ3v) is 4.51. The Morgan fingerprint density at radius 3 is 2.27 bits per heavy atom. The molecule has 0 unspecified atom stereocenters. The van der Waals surface area contributed by atoms with Gasteiger partial charge in [-0.3, -0.25) is 4.79 Å². The van der Waals surface area contributed by atoms with Gasteiger partial charge < -0.3 is 10.1 Å². The molecular weight excluding hydrogens is 397 g/mol. The summed E-state index contributed by atoms with van der Waals surface area (Å²) in [7, 11) is 0. The average molecular weight is 414 g/mol. The van der Waals surface area contributed by atoms with Gasteiger partial charge in [-0.15, -0.1) is 0 Å². The largest absolute Gasteiger partial charge is 0.489 e. The summed E-state index contributed by atoms with van der Waals surface area (Å²) in [6.07, 6.45) is 0. The van der Waals surface area contributed by atoms with E-state index in [-0.39, 0.29) is 11.7 Å². The summed E-state index contributed by atoms with van der Waals surface area (Å²) < 4.78 is 19.3. The molecule has 1 N–H and O–H groups in total. The van der Waals surface area contributed by atoms with Crippen LogP contribution in [0.5, 0.6) is 5.75 Å². The van der Waals surface area contributed by atoms with Gasteiger partial charge in [-0.1, -0.05) is 36.4 Å². The Kier molecular flexibility index (Phi) is 6.02. The van der Waals surface area contributed by atoms with Crippen LogP contribution in [0.2, 0.25) is 0 Å². The molecule has 26 heavy (non-hydrogen) atoms. The predicted molar refractivity (Wildman–Crippen MR) is 102 cm³/mol. The lowest BCUT2D eigenvalue weighted by molar-refractivity contribution is 0.0950. The van der Waals surface area contributed by atoms with Gasteiger partial charge in [0.15, 0.2) is 0 Å². The zero-order chi connectivity index (χ0) is 18.4. The number of hydrogen-bond acceptors (Lipinski definition) is 2. The molecule has 0 heterocycles. The van der Waals surface area contributed by atoms with E-state index in [4.69, 9.17) is 4.74 Å². The third-order valence-electron chi connectivity index (χ3n) is 3.81. The summed E-state index contributed by atoms with van der Waals surface area (Å²) in [4.78, 5) is 12.2. The van der Waals surface area contributed by atoms with Gasteiger partial charge >= 0.3 is 0 Å². The average Bonchev–Trinajstić information content (AvgIpc) is 2.67. The molecule has 1 amide bonds. The molecule has 0 saturated heterocycles. The van der Waals surface area contributed by atoms with Crippen LogP contribution in [0.4, 0.5) is 4.39 Å². The second-order valence-corrected chi connectivity index (χ2v) is 6.58. The Hall–Kier alpha value is -2.66. The van der Waals surface area contributed by atoms with Gasteiger partial charge in [0.25, 0.3) is 5.91 Å².